The second-order valence-corrected chi connectivity index (χ2v) is 5.58. The zero-order valence-corrected chi connectivity index (χ0v) is 13.0. The molecule has 1 amide bonds. The summed E-state index contributed by atoms with van der Waals surface area (Å²) in [7, 11) is 0. The maximum absolute atomic E-state index is 11.9. The van der Waals surface area contributed by atoms with Gasteiger partial charge in [0.25, 0.3) is 0 Å². The van der Waals surface area contributed by atoms with Gasteiger partial charge >= 0.3 is 5.97 Å². The molecule has 1 saturated heterocycles. The Balaban J connectivity index is 0.00000242. The Bertz CT molecular complexity index is 495. The fourth-order valence-electron chi connectivity index (χ4n) is 2.78. The van der Waals surface area contributed by atoms with Crippen LogP contribution in [0.2, 0.25) is 0 Å². The van der Waals surface area contributed by atoms with Gasteiger partial charge in [-0.15, -0.1) is 12.4 Å². The van der Waals surface area contributed by atoms with E-state index in [1.165, 1.54) is 6.92 Å². The summed E-state index contributed by atoms with van der Waals surface area (Å²) in [5.74, 6) is -2.49. The van der Waals surface area contributed by atoms with Crippen molar-refractivity contribution in [1.29, 1.82) is 0 Å². The maximum Gasteiger partial charge on any atom is 0.338 e. The molecular formula is C13H21ClN2O6. The van der Waals surface area contributed by atoms with E-state index in [0.29, 0.717) is 0 Å². The molecule has 0 aromatic carbocycles. The quantitative estimate of drug-likeness (QED) is 0.396. The zero-order chi connectivity index (χ0) is 15.9. The molecule has 22 heavy (non-hydrogen) atoms. The van der Waals surface area contributed by atoms with Crippen LogP contribution in [0, 0.1) is 5.92 Å². The molecule has 2 aliphatic rings. The van der Waals surface area contributed by atoms with Gasteiger partial charge in [0.1, 0.15) is 11.9 Å². The number of ether oxygens (including phenoxy) is 1. The minimum absolute atomic E-state index is 0. The SMILES string of the molecule is C[C@H](N)C(=O)N[C@@H]1[C@H]2C(=C(O)C[C@@H](O)[C@@H]2O)C(=O)O[C@@H]1C.Cl. The highest BCUT2D eigenvalue weighted by molar-refractivity contribution is 5.92. The van der Waals surface area contributed by atoms with Crippen molar-refractivity contribution in [3.63, 3.8) is 0 Å². The van der Waals surface area contributed by atoms with E-state index < -0.39 is 48.2 Å². The molecule has 0 radical (unpaired) electrons. The van der Waals surface area contributed by atoms with Gasteiger partial charge in [0, 0.05) is 12.3 Å². The number of hydrogen-bond donors (Lipinski definition) is 5. The molecule has 1 fully saturated rings. The van der Waals surface area contributed by atoms with Crippen molar-refractivity contribution >= 4 is 24.3 Å². The van der Waals surface area contributed by atoms with Crippen LogP contribution in [-0.2, 0) is 14.3 Å². The molecule has 0 bridgehead atoms. The average molecular weight is 337 g/mol. The minimum Gasteiger partial charge on any atom is -0.512 e. The number of carbonyl (C=O) groups excluding carboxylic acids is 2. The predicted octanol–water partition coefficient (Wildman–Crippen LogP) is -1.26. The van der Waals surface area contributed by atoms with Gasteiger partial charge in [-0.1, -0.05) is 0 Å². The minimum atomic E-state index is -1.29. The van der Waals surface area contributed by atoms with Crippen molar-refractivity contribution in [2.75, 3.05) is 0 Å². The molecule has 0 saturated carbocycles. The Morgan fingerprint density at radius 1 is 1.45 bits per heavy atom. The standard InChI is InChI=1S/C13H20N2O6.ClH/c1-4(14)12(19)15-10-5(2)21-13(20)8-6(16)3-7(17)11(18)9(8)10;/h4-5,7,9-11,16-18H,3,14H2,1-2H3,(H,15,19);1H/t4-,5+,7+,9+,10-,11-;/m0./s1. The molecule has 1 heterocycles. The Morgan fingerprint density at radius 2 is 2.05 bits per heavy atom. The highest BCUT2D eigenvalue weighted by atomic mass is 35.5. The van der Waals surface area contributed by atoms with Crippen LogP contribution in [0.5, 0.6) is 0 Å². The zero-order valence-electron chi connectivity index (χ0n) is 12.2. The first-order chi connectivity index (χ1) is 9.73. The first-order valence-corrected chi connectivity index (χ1v) is 6.79. The fourth-order valence-corrected chi connectivity index (χ4v) is 2.78. The van der Waals surface area contributed by atoms with E-state index in [1.807, 2.05) is 0 Å². The van der Waals surface area contributed by atoms with Crippen molar-refractivity contribution in [2.24, 2.45) is 11.7 Å². The highest BCUT2D eigenvalue weighted by Gasteiger charge is 2.50. The van der Waals surface area contributed by atoms with Crippen LogP contribution in [0.3, 0.4) is 0 Å². The van der Waals surface area contributed by atoms with Crippen molar-refractivity contribution in [3.05, 3.63) is 11.3 Å². The topological polar surface area (TPSA) is 142 Å². The van der Waals surface area contributed by atoms with Crippen LogP contribution in [0.25, 0.3) is 0 Å². The lowest BCUT2D eigenvalue weighted by Crippen LogP contribution is -2.61. The van der Waals surface area contributed by atoms with Gasteiger partial charge in [-0.3, -0.25) is 4.79 Å². The second-order valence-electron chi connectivity index (χ2n) is 5.58. The summed E-state index contributed by atoms with van der Waals surface area (Å²) in [6.07, 6.45) is -3.46. The molecule has 6 atom stereocenters. The molecule has 6 N–H and O–H groups in total. The summed E-state index contributed by atoms with van der Waals surface area (Å²) in [5.41, 5.74) is 5.39. The van der Waals surface area contributed by atoms with Crippen molar-refractivity contribution in [3.8, 4) is 0 Å². The molecule has 8 nitrogen and oxygen atoms in total. The molecule has 0 aromatic rings. The largest absolute Gasteiger partial charge is 0.512 e. The number of amides is 1. The van der Waals surface area contributed by atoms with Crippen LogP contribution < -0.4 is 11.1 Å². The maximum atomic E-state index is 11.9. The van der Waals surface area contributed by atoms with Gasteiger partial charge in [-0.2, -0.15) is 0 Å². The van der Waals surface area contributed by atoms with E-state index in [4.69, 9.17) is 10.5 Å². The van der Waals surface area contributed by atoms with Crippen molar-refractivity contribution < 1.29 is 29.6 Å². The first-order valence-electron chi connectivity index (χ1n) is 6.79. The number of carbonyl (C=O) groups is 2. The van der Waals surface area contributed by atoms with Crippen LogP contribution in [-0.4, -0.2) is 57.6 Å². The van der Waals surface area contributed by atoms with Gasteiger partial charge in [-0.25, -0.2) is 4.79 Å². The number of rotatable bonds is 2. The van der Waals surface area contributed by atoms with Crippen LogP contribution in [0.1, 0.15) is 20.3 Å². The molecule has 0 spiro atoms. The molecule has 0 unspecified atom stereocenters. The van der Waals surface area contributed by atoms with E-state index >= 15 is 0 Å². The number of nitrogens with two attached hydrogens (primary N) is 1. The summed E-state index contributed by atoms with van der Waals surface area (Å²) in [5, 5.41) is 32.4. The molecular weight excluding hydrogens is 316 g/mol. The molecule has 1 aliphatic carbocycles. The smallest absolute Gasteiger partial charge is 0.338 e. The Hall–Kier alpha value is -1.35. The highest BCUT2D eigenvalue weighted by Crippen LogP contribution is 2.37. The van der Waals surface area contributed by atoms with E-state index in [0.717, 1.165) is 0 Å². The summed E-state index contributed by atoms with van der Waals surface area (Å²) in [6.45, 7) is 3.06. The van der Waals surface area contributed by atoms with E-state index in [2.05, 4.69) is 5.32 Å². The Labute approximate surface area is 133 Å². The first kappa shape index (κ1) is 18.7. The van der Waals surface area contributed by atoms with Crippen molar-refractivity contribution in [2.45, 2.75) is 50.7 Å². The third-order valence-electron chi connectivity index (χ3n) is 3.94. The Morgan fingerprint density at radius 3 is 2.59 bits per heavy atom. The molecule has 2 rings (SSSR count). The lowest BCUT2D eigenvalue weighted by Gasteiger charge is -2.43. The van der Waals surface area contributed by atoms with Crippen molar-refractivity contribution in [1.82, 2.24) is 5.32 Å². The number of aliphatic hydroxyl groups excluding tert-OH is 3. The number of cyclic esters (lactones) is 1. The van der Waals surface area contributed by atoms with Crippen LogP contribution >= 0.6 is 12.4 Å². The number of halogens is 1. The van der Waals surface area contributed by atoms with E-state index in [9.17, 15) is 24.9 Å². The van der Waals surface area contributed by atoms with E-state index in [-0.39, 0.29) is 30.2 Å². The lowest BCUT2D eigenvalue weighted by molar-refractivity contribution is -0.159. The van der Waals surface area contributed by atoms with Crippen LogP contribution in [0.15, 0.2) is 11.3 Å². The van der Waals surface area contributed by atoms with Gasteiger partial charge < -0.3 is 31.1 Å². The number of hydrogen-bond acceptors (Lipinski definition) is 7. The predicted molar refractivity (Wildman–Crippen MR) is 78.2 cm³/mol. The molecule has 126 valence electrons. The lowest BCUT2D eigenvalue weighted by atomic mass is 9.74. The van der Waals surface area contributed by atoms with Gasteiger partial charge in [-0.05, 0) is 13.8 Å². The monoisotopic (exact) mass is 336 g/mol. The number of aliphatic hydroxyl groups is 3. The normalized spacial score (nSPS) is 35.9. The number of nitrogens with one attached hydrogen (secondary N) is 1. The second kappa shape index (κ2) is 6.82. The van der Waals surface area contributed by atoms with Gasteiger partial charge in [0.05, 0.1) is 29.9 Å². The molecule has 1 aliphatic heterocycles. The van der Waals surface area contributed by atoms with Gasteiger partial charge in [0.15, 0.2) is 0 Å². The summed E-state index contributed by atoms with van der Waals surface area (Å²) >= 11 is 0. The summed E-state index contributed by atoms with van der Waals surface area (Å²) in [6, 6.07) is -1.55. The Kier molecular flexibility index (Phi) is 5.80. The van der Waals surface area contributed by atoms with Crippen LogP contribution in [0.4, 0.5) is 0 Å². The van der Waals surface area contributed by atoms with Gasteiger partial charge in [0.2, 0.25) is 5.91 Å². The number of esters is 1. The fraction of sp³-hybridized carbons (Fsp3) is 0.692. The summed E-state index contributed by atoms with van der Waals surface area (Å²) in [4.78, 5) is 23.7. The third-order valence-corrected chi connectivity index (χ3v) is 3.94. The number of fused-ring (bicyclic) bond motifs is 1. The summed E-state index contributed by atoms with van der Waals surface area (Å²) < 4.78 is 5.10. The third kappa shape index (κ3) is 3.19. The van der Waals surface area contributed by atoms with E-state index in [1.54, 1.807) is 6.92 Å². The molecule has 9 heteroatoms. The average Bonchev–Trinajstić information content (AvgIpc) is 2.38. The molecule has 0 aromatic heterocycles.